The minimum absolute atomic E-state index is 0.0502. The first-order valence-electron chi connectivity index (χ1n) is 12.0. The number of rotatable bonds is 9. The summed E-state index contributed by atoms with van der Waals surface area (Å²) in [4.78, 5) is 27.8. The Bertz CT molecular complexity index is 1420. The van der Waals surface area contributed by atoms with Gasteiger partial charge in [-0.2, -0.15) is 0 Å². The summed E-state index contributed by atoms with van der Waals surface area (Å²) in [5.41, 5.74) is 3.55. The monoisotopic (exact) mass is 575 g/mol. The smallest absolute Gasteiger partial charge is 0.264 e. The molecule has 38 heavy (non-hydrogen) atoms. The third kappa shape index (κ3) is 6.49. The molecule has 0 aliphatic rings. The molecule has 0 unspecified atom stereocenters. The number of sulfonamides is 1. The zero-order valence-corrected chi connectivity index (χ0v) is 24.3. The van der Waals surface area contributed by atoms with Crippen LogP contribution in [0.3, 0.4) is 0 Å². The van der Waals surface area contributed by atoms with E-state index in [-0.39, 0.29) is 11.4 Å². The van der Waals surface area contributed by atoms with Gasteiger partial charge in [-0.05, 0) is 75.2 Å². The molecule has 2 amide bonds. The Morgan fingerprint density at radius 3 is 2.08 bits per heavy atom. The Morgan fingerprint density at radius 2 is 1.53 bits per heavy atom. The van der Waals surface area contributed by atoms with E-state index in [1.165, 1.54) is 24.1 Å². The van der Waals surface area contributed by atoms with Crippen LogP contribution in [0.4, 0.5) is 5.69 Å². The third-order valence-corrected chi connectivity index (χ3v) is 8.97. The molecular weight excluding hydrogens is 545 g/mol. The van der Waals surface area contributed by atoms with Crippen molar-refractivity contribution in [3.8, 4) is 0 Å². The highest BCUT2D eigenvalue weighted by Gasteiger charge is 2.33. The van der Waals surface area contributed by atoms with Gasteiger partial charge in [0.1, 0.15) is 12.6 Å². The largest absolute Gasteiger partial charge is 0.357 e. The predicted molar refractivity (Wildman–Crippen MR) is 152 cm³/mol. The number of halogens is 2. The summed E-state index contributed by atoms with van der Waals surface area (Å²) >= 11 is 12.7. The second-order valence-corrected chi connectivity index (χ2v) is 11.8. The number of carbonyl (C=O) groups excluding carboxylic acids is 2. The molecule has 3 rings (SSSR count). The zero-order chi connectivity index (χ0) is 28.2. The van der Waals surface area contributed by atoms with Crippen molar-refractivity contribution in [2.24, 2.45) is 0 Å². The predicted octanol–water partition coefficient (Wildman–Crippen LogP) is 5.28. The van der Waals surface area contributed by atoms with Crippen molar-refractivity contribution in [3.05, 3.63) is 93.0 Å². The van der Waals surface area contributed by atoms with Crippen molar-refractivity contribution in [1.29, 1.82) is 0 Å². The second-order valence-electron chi connectivity index (χ2n) is 9.11. The first-order chi connectivity index (χ1) is 17.9. The lowest BCUT2D eigenvalue weighted by Crippen LogP contribution is -2.50. The van der Waals surface area contributed by atoms with Gasteiger partial charge in [-0.25, -0.2) is 8.42 Å². The standard InChI is InChI=1S/C28H31Cl2N3O4S/c1-18-9-13-23(14-10-18)38(36,37)33(22-12-11-19(2)20(3)15-22)17-27(34)32(21(4)28(35)31-5)16-24-25(29)7-6-8-26(24)30/h6-15,21H,16-17H2,1-5H3,(H,31,35)/t21-/m0/s1. The zero-order valence-electron chi connectivity index (χ0n) is 22.0. The molecule has 0 saturated heterocycles. The molecule has 3 aromatic carbocycles. The second kappa shape index (κ2) is 12.2. The van der Waals surface area contributed by atoms with E-state index in [1.807, 2.05) is 20.8 Å². The Kier molecular flexibility index (Phi) is 9.46. The number of amides is 2. The van der Waals surface area contributed by atoms with Gasteiger partial charge in [-0.15, -0.1) is 0 Å². The molecule has 10 heteroatoms. The van der Waals surface area contributed by atoms with Crippen LogP contribution in [-0.4, -0.2) is 44.8 Å². The van der Waals surface area contributed by atoms with E-state index in [1.54, 1.807) is 55.5 Å². The van der Waals surface area contributed by atoms with Gasteiger partial charge in [-0.3, -0.25) is 13.9 Å². The molecule has 0 aromatic heterocycles. The number of hydrogen-bond acceptors (Lipinski definition) is 4. The minimum Gasteiger partial charge on any atom is -0.357 e. The average molecular weight is 577 g/mol. The van der Waals surface area contributed by atoms with Crippen LogP contribution in [0.1, 0.15) is 29.2 Å². The van der Waals surface area contributed by atoms with E-state index >= 15 is 0 Å². The Balaban J connectivity index is 2.09. The molecule has 0 saturated carbocycles. The highest BCUT2D eigenvalue weighted by Crippen LogP contribution is 2.29. The van der Waals surface area contributed by atoms with Gasteiger partial charge in [0, 0.05) is 29.2 Å². The van der Waals surface area contributed by atoms with E-state index in [0.29, 0.717) is 21.3 Å². The highest BCUT2D eigenvalue weighted by molar-refractivity contribution is 7.92. The van der Waals surface area contributed by atoms with Crippen LogP contribution < -0.4 is 9.62 Å². The minimum atomic E-state index is -4.14. The van der Waals surface area contributed by atoms with Crippen molar-refractivity contribution < 1.29 is 18.0 Å². The first kappa shape index (κ1) is 29.5. The number of likely N-dealkylation sites (N-methyl/N-ethyl adjacent to an activating group) is 1. The molecule has 0 spiro atoms. The SMILES string of the molecule is CNC(=O)[C@H](C)N(Cc1c(Cl)cccc1Cl)C(=O)CN(c1ccc(C)c(C)c1)S(=O)(=O)c1ccc(C)cc1. The fourth-order valence-electron chi connectivity index (χ4n) is 3.89. The molecule has 3 aromatic rings. The molecule has 0 heterocycles. The Hall–Kier alpha value is -3.07. The number of nitrogens with one attached hydrogen (secondary N) is 1. The molecule has 0 radical (unpaired) electrons. The lowest BCUT2D eigenvalue weighted by atomic mass is 10.1. The number of carbonyl (C=O) groups is 2. The summed E-state index contributed by atoms with van der Waals surface area (Å²) in [6, 6.07) is 15.7. The number of aryl methyl sites for hydroxylation is 3. The molecule has 1 N–H and O–H groups in total. The normalized spacial score (nSPS) is 12.1. The maximum absolute atomic E-state index is 13.9. The van der Waals surface area contributed by atoms with Gasteiger partial charge in [0.05, 0.1) is 10.6 Å². The third-order valence-electron chi connectivity index (χ3n) is 6.47. The number of benzene rings is 3. The maximum Gasteiger partial charge on any atom is 0.264 e. The molecular formula is C28H31Cl2N3O4S. The van der Waals surface area contributed by atoms with Crippen molar-refractivity contribution in [2.45, 2.75) is 45.2 Å². The van der Waals surface area contributed by atoms with Crippen molar-refractivity contribution in [1.82, 2.24) is 10.2 Å². The molecule has 0 bridgehead atoms. The molecule has 1 atom stereocenters. The van der Waals surface area contributed by atoms with Crippen LogP contribution in [-0.2, 0) is 26.2 Å². The lowest BCUT2D eigenvalue weighted by molar-refractivity contribution is -0.139. The summed E-state index contributed by atoms with van der Waals surface area (Å²) in [5.74, 6) is -1.01. The van der Waals surface area contributed by atoms with E-state index in [9.17, 15) is 18.0 Å². The highest BCUT2D eigenvalue weighted by atomic mass is 35.5. The van der Waals surface area contributed by atoms with Crippen LogP contribution in [0.2, 0.25) is 10.0 Å². The van der Waals surface area contributed by atoms with E-state index in [0.717, 1.165) is 21.0 Å². The fraction of sp³-hybridized carbons (Fsp3) is 0.286. The molecule has 0 aliphatic carbocycles. The number of anilines is 1. The summed E-state index contributed by atoms with van der Waals surface area (Å²) in [6.45, 7) is 6.59. The number of nitrogens with zero attached hydrogens (tertiary/aromatic N) is 2. The lowest BCUT2D eigenvalue weighted by Gasteiger charge is -2.32. The van der Waals surface area contributed by atoms with Crippen LogP contribution in [0, 0.1) is 20.8 Å². The maximum atomic E-state index is 13.9. The Morgan fingerprint density at radius 1 is 0.921 bits per heavy atom. The summed E-state index contributed by atoms with van der Waals surface area (Å²) in [7, 11) is -2.67. The molecule has 7 nitrogen and oxygen atoms in total. The first-order valence-corrected chi connectivity index (χ1v) is 14.2. The van der Waals surface area contributed by atoms with Gasteiger partial charge >= 0.3 is 0 Å². The molecule has 0 aliphatic heterocycles. The summed E-state index contributed by atoms with van der Waals surface area (Å²) < 4.78 is 28.8. The van der Waals surface area contributed by atoms with E-state index < -0.39 is 34.4 Å². The van der Waals surface area contributed by atoms with E-state index in [4.69, 9.17) is 23.2 Å². The quantitative estimate of drug-likeness (QED) is 0.376. The summed E-state index contributed by atoms with van der Waals surface area (Å²) in [6.07, 6.45) is 0. The van der Waals surface area contributed by atoms with Crippen LogP contribution in [0.15, 0.2) is 65.6 Å². The van der Waals surface area contributed by atoms with Crippen molar-refractivity contribution in [2.75, 3.05) is 17.9 Å². The van der Waals surface area contributed by atoms with E-state index in [2.05, 4.69) is 5.32 Å². The fourth-order valence-corrected chi connectivity index (χ4v) is 5.82. The molecule has 202 valence electrons. The van der Waals surface area contributed by atoms with Crippen molar-refractivity contribution >= 4 is 50.7 Å². The van der Waals surface area contributed by atoms with Gasteiger partial charge in [-0.1, -0.05) is 53.0 Å². The number of hydrogen-bond donors (Lipinski definition) is 1. The van der Waals surface area contributed by atoms with Crippen molar-refractivity contribution in [3.63, 3.8) is 0 Å². The Labute approximate surface area is 234 Å². The van der Waals surface area contributed by atoms with Gasteiger partial charge in [0.15, 0.2) is 0 Å². The topological polar surface area (TPSA) is 86.8 Å². The molecule has 0 fully saturated rings. The summed E-state index contributed by atoms with van der Waals surface area (Å²) in [5, 5.41) is 3.21. The van der Waals surface area contributed by atoms with Crippen LogP contribution in [0.25, 0.3) is 0 Å². The van der Waals surface area contributed by atoms with Crippen LogP contribution >= 0.6 is 23.2 Å². The van der Waals surface area contributed by atoms with Crippen LogP contribution in [0.5, 0.6) is 0 Å². The van der Waals surface area contributed by atoms with Gasteiger partial charge < -0.3 is 10.2 Å². The average Bonchev–Trinajstić information content (AvgIpc) is 2.88. The van der Waals surface area contributed by atoms with Gasteiger partial charge in [0.2, 0.25) is 11.8 Å². The van der Waals surface area contributed by atoms with Gasteiger partial charge in [0.25, 0.3) is 10.0 Å².